The summed E-state index contributed by atoms with van der Waals surface area (Å²) in [6, 6.07) is 20.6. The third-order valence-electron chi connectivity index (χ3n) is 5.88. The maximum Gasteiger partial charge on any atom is 0.338 e. The Labute approximate surface area is 211 Å². The highest BCUT2D eigenvalue weighted by Crippen LogP contribution is 2.31. The largest absolute Gasteiger partial charge is 0.459 e. The second-order valence-corrected chi connectivity index (χ2v) is 10.1. The fourth-order valence-corrected chi connectivity index (χ4v) is 5.50. The molecule has 3 aromatic carbocycles. The molecule has 4 aromatic rings. The van der Waals surface area contributed by atoms with E-state index in [0.29, 0.717) is 25.6 Å². The Kier molecular flexibility index (Phi) is 6.17. The zero-order valence-electron chi connectivity index (χ0n) is 19.5. The molecule has 1 aliphatic rings. The zero-order valence-corrected chi connectivity index (χ0v) is 21.1. The van der Waals surface area contributed by atoms with Gasteiger partial charge in [-0.05, 0) is 60.9 Å². The molecule has 5 rings (SSSR count). The Morgan fingerprint density at radius 2 is 1.80 bits per heavy atom. The van der Waals surface area contributed by atoms with Crippen molar-refractivity contribution in [2.24, 2.45) is 4.99 Å². The molecule has 0 saturated carbocycles. The number of ether oxygens (including phenoxy) is 1. The van der Waals surface area contributed by atoms with Gasteiger partial charge in [0, 0.05) is 5.02 Å². The number of carbonyl (C=O) groups is 1. The molecule has 0 N–H and O–H groups in total. The number of halogens is 1. The summed E-state index contributed by atoms with van der Waals surface area (Å²) in [4.78, 5) is 32.1. The Morgan fingerprint density at radius 1 is 1.09 bits per heavy atom. The maximum absolute atomic E-state index is 13.8. The summed E-state index contributed by atoms with van der Waals surface area (Å²) in [6.45, 7) is 5.37. The fourth-order valence-electron chi connectivity index (χ4n) is 4.34. The van der Waals surface area contributed by atoms with E-state index in [-0.39, 0.29) is 11.7 Å². The average Bonchev–Trinajstić information content (AvgIpc) is 3.13. The molecule has 0 amide bonds. The highest BCUT2D eigenvalue weighted by Gasteiger charge is 2.33. The molecular weight excluding hydrogens is 480 g/mol. The van der Waals surface area contributed by atoms with Gasteiger partial charge in [-0.3, -0.25) is 9.36 Å². The van der Waals surface area contributed by atoms with Crippen LogP contribution in [0.1, 0.15) is 37.9 Å². The normalized spacial score (nSPS) is 15.9. The molecule has 0 radical (unpaired) electrons. The van der Waals surface area contributed by atoms with Gasteiger partial charge >= 0.3 is 5.97 Å². The van der Waals surface area contributed by atoms with Crippen LogP contribution in [0.15, 0.2) is 87.8 Å². The van der Waals surface area contributed by atoms with Crippen LogP contribution in [0.25, 0.3) is 16.8 Å². The van der Waals surface area contributed by atoms with Gasteiger partial charge in [-0.15, -0.1) is 0 Å². The molecule has 176 valence electrons. The van der Waals surface area contributed by atoms with Crippen molar-refractivity contribution in [3.8, 4) is 0 Å². The first kappa shape index (κ1) is 23.3. The number of carbonyl (C=O) groups excluding carboxylic acids is 1. The molecule has 2 heterocycles. The molecule has 7 heteroatoms. The number of nitrogens with zero attached hydrogens (tertiary/aromatic N) is 2. The minimum atomic E-state index is -0.663. The van der Waals surface area contributed by atoms with Gasteiger partial charge in [0.1, 0.15) is 0 Å². The lowest BCUT2D eigenvalue weighted by molar-refractivity contribution is -0.143. The summed E-state index contributed by atoms with van der Waals surface area (Å²) in [5.41, 5.74) is 2.39. The van der Waals surface area contributed by atoms with Gasteiger partial charge in [-0.25, -0.2) is 9.79 Å². The Bertz CT molecular complexity index is 1660. The Balaban J connectivity index is 1.74. The van der Waals surface area contributed by atoms with Gasteiger partial charge in [0.15, 0.2) is 4.80 Å². The quantitative estimate of drug-likeness (QED) is 0.369. The molecule has 1 aromatic heterocycles. The minimum absolute atomic E-state index is 0.205. The molecule has 0 fully saturated rings. The van der Waals surface area contributed by atoms with Crippen molar-refractivity contribution in [2.75, 3.05) is 0 Å². The highest BCUT2D eigenvalue weighted by atomic mass is 35.5. The molecule has 35 heavy (non-hydrogen) atoms. The van der Waals surface area contributed by atoms with Crippen LogP contribution in [0.5, 0.6) is 0 Å². The summed E-state index contributed by atoms with van der Waals surface area (Å²) in [5, 5.41) is 2.74. The number of thiazole rings is 1. The van der Waals surface area contributed by atoms with Gasteiger partial charge in [0.2, 0.25) is 0 Å². The molecule has 0 bridgehead atoms. The van der Waals surface area contributed by atoms with Crippen LogP contribution in [0.3, 0.4) is 0 Å². The number of benzene rings is 3. The number of hydrogen-bond donors (Lipinski definition) is 0. The topological polar surface area (TPSA) is 60.7 Å². The Hall–Kier alpha value is -3.48. The lowest BCUT2D eigenvalue weighted by atomic mass is 9.96. The second kappa shape index (κ2) is 9.29. The Morgan fingerprint density at radius 3 is 2.54 bits per heavy atom. The van der Waals surface area contributed by atoms with E-state index in [1.165, 1.54) is 11.3 Å². The van der Waals surface area contributed by atoms with Crippen LogP contribution < -0.4 is 14.9 Å². The predicted molar refractivity (Wildman–Crippen MR) is 140 cm³/mol. The zero-order chi connectivity index (χ0) is 24.7. The monoisotopic (exact) mass is 502 g/mol. The van der Waals surface area contributed by atoms with Crippen LogP contribution in [-0.4, -0.2) is 16.6 Å². The summed E-state index contributed by atoms with van der Waals surface area (Å²) in [7, 11) is 0. The number of allylic oxidation sites excluding steroid dienone is 1. The van der Waals surface area contributed by atoms with Gasteiger partial charge in [-0.2, -0.15) is 0 Å². The molecule has 1 unspecified atom stereocenters. The molecule has 0 aliphatic carbocycles. The van der Waals surface area contributed by atoms with Crippen molar-refractivity contribution in [3.63, 3.8) is 0 Å². The molecule has 1 aliphatic heterocycles. The van der Waals surface area contributed by atoms with Crippen LogP contribution in [-0.2, 0) is 9.53 Å². The summed E-state index contributed by atoms with van der Waals surface area (Å²) in [6.07, 6.45) is 1.60. The third-order valence-corrected chi connectivity index (χ3v) is 7.11. The highest BCUT2D eigenvalue weighted by molar-refractivity contribution is 7.07. The average molecular weight is 503 g/mol. The smallest absolute Gasteiger partial charge is 0.338 e. The van der Waals surface area contributed by atoms with E-state index in [0.717, 1.165) is 21.9 Å². The van der Waals surface area contributed by atoms with E-state index >= 15 is 0 Å². The van der Waals surface area contributed by atoms with Gasteiger partial charge in [-0.1, -0.05) is 77.5 Å². The van der Waals surface area contributed by atoms with E-state index in [1.54, 1.807) is 37.5 Å². The lowest BCUT2D eigenvalue weighted by Crippen LogP contribution is -2.40. The van der Waals surface area contributed by atoms with Crippen LogP contribution >= 0.6 is 22.9 Å². The van der Waals surface area contributed by atoms with Gasteiger partial charge in [0.05, 0.1) is 27.9 Å². The van der Waals surface area contributed by atoms with Crippen molar-refractivity contribution >= 4 is 45.8 Å². The van der Waals surface area contributed by atoms with Crippen LogP contribution in [0.4, 0.5) is 0 Å². The molecule has 5 nitrogen and oxygen atoms in total. The van der Waals surface area contributed by atoms with Gasteiger partial charge < -0.3 is 4.74 Å². The number of rotatable bonds is 4. The molecule has 1 atom stereocenters. The molecule has 0 spiro atoms. The van der Waals surface area contributed by atoms with E-state index in [9.17, 15) is 9.59 Å². The van der Waals surface area contributed by atoms with E-state index in [1.807, 2.05) is 60.7 Å². The van der Waals surface area contributed by atoms with Crippen molar-refractivity contribution < 1.29 is 9.53 Å². The van der Waals surface area contributed by atoms with Crippen molar-refractivity contribution in [1.82, 2.24) is 4.57 Å². The SMILES string of the molecule is CC1=C(C(=O)OC(C)C)C(c2ccc(Cl)cc2)n2c(sc(=Cc3cccc4ccccc34)c2=O)=N1. The number of esters is 1. The van der Waals surface area contributed by atoms with E-state index in [4.69, 9.17) is 16.3 Å². The second-order valence-electron chi connectivity index (χ2n) is 8.66. The molecule has 0 saturated heterocycles. The van der Waals surface area contributed by atoms with Crippen molar-refractivity contribution in [3.05, 3.63) is 114 Å². The summed E-state index contributed by atoms with van der Waals surface area (Å²) in [5.74, 6) is -0.482. The van der Waals surface area contributed by atoms with E-state index < -0.39 is 12.0 Å². The number of hydrogen-bond acceptors (Lipinski definition) is 5. The van der Waals surface area contributed by atoms with Gasteiger partial charge in [0.25, 0.3) is 5.56 Å². The third kappa shape index (κ3) is 4.35. The number of aromatic nitrogens is 1. The fraction of sp³-hybridized carbons (Fsp3) is 0.179. The summed E-state index contributed by atoms with van der Waals surface area (Å²) < 4.78 is 7.68. The van der Waals surface area contributed by atoms with Crippen molar-refractivity contribution in [2.45, 2.75) is 32.9 Å². The first-order chi connectivity index (χ1) is 16.8. The van der Waals surface area contributed by atoms with Crippen LogP contribution in [0, 0.1) is 0 Å². The standard InChI is InChI=1S/C28H23ClN2O3S/c1-16(2)34-27(33)24-17(3)30-28-31(25(24)19-11-13-21(29)14-12-19)26(32)23(35-28)15-20-9-6-8-18-7-4-5-10-22(18)20/h4-16,25H,1-3H3. The first-order valence-electron chi connectivity index (χ1n) is 11.3. The maximum atomic E-state index is 13.8. The minimum Gasteiger partial charge on any atom is -0.459 e. The lowest BCUT2D eigenvalue weighted by Gasteiger charge is -2.25. The predicted octanol–water partition coefficient (Wildman–Crippen LogP) is 4.99. The van der Waals surface area contributed by atoms with E-state index in [2.05, 4.69) is 4.99 Å². The summed E-state index contributed by atoms with van der Waals surface area (Å²) >= 11 is 7.44. The molecular formula is C28H23ClN2O3S. The number of fused-ring (bicyclic) bond motifs is 2. The van der Waals surface area contributed by atoms with Crippen molar-refractivity contribution in [1.29, 1.82) is 0 Å². The first-order valence-corrected chi connectivity index (χ1v) is 12.5. The van der Waals surface area contributed by atoms with Crippen LogP contribution in [0.2, 0.25) is 5.02 Å².